The Morgan fingerprint density at radius 1 is 0.520 bits per heavy atom. The summed E-state index contributed by atoms with van der Waals surface area (Å²) in [5.41, 5.74) is 13.6. The average molecular weight is 660 g/mol. The lowest BCUT2D eigenvalue weighted by atomic mass is 9.94. The zero-order chi connectivity index (χ0) is 33.8. The van der Waals surface area contributed by atoms with E-state index in [4.69, 9.17) is 11.1 Å². The first-order valence-electron chi connectivity index (χ1n) is 16.8. The highest BCUT2D eigenvalue weighted by Crippen LogP contribution is 2.48. The number of aromatic nitrogens is 1. The lowest BCUT2D eigenvalue weighted by Gasteiger charge is -2.11. The van der Waals surface area contributed by atoms with E-state index >= 15 is 0 Å². The molecular formula is C46H33N3S. The molecule has 4 heteroatoms. The van der Waals surface area contributed by atoms with Crippen LogP contribution in [0.1, 0.15) is 16.7 Å². The molecule has 8 aromatic carbocycles. The number of fused-ring (bicyclic) bond motifs is 12. The van der Waals surface area contributed by atoms with Crippen LogP contribution in [-0.4, -0.2) is 10.3 Å². The van der Waals surface area contributed by atoms with Gasteiger partial charge in [-0.25, -0.2) is 0 Å². The summed E-state index contributed by atoms with van der Waals surface area (Å²) >= 11 is 1.92. The number of hydrogen-bond donors (Lipinski definition) is 2. The van der Waals surface area contributed by atoms with E-state index in [2.05, 4.69) is 121 Å². The number of thiophene rings is 1. The van der Waals surface area contributed by atoms with Crippen molar-refractivity contribution in [1.82, 2.24) is 4.57 Å². The molecule has 0 aliphatic rings. The van der Waals surface area contributed by atoms with Gasteiger partial charge >= 0.3 is 0 Å². The molecule has 2 aromatic heterocycles. The third kappa shape index (κ3) is 4.76. The van der Waals surface area contributed by atoms with Gasteiger partial charge in [-0.1, -0.05) is 133 Å². The van der Waals surface area contributed by atoms with Crippen LogP contribution in [0.25, 0.3) is 69.2 Å². The van der Waals surface area contributed by atoms with Gasteiger partial charge in [-0.3, -0.25) is 5.41 Å². The van der Waals surface area contributed by atoms with E-state index in [1.165, 1.54) is 74.8 Å². The molecule has 2 heterocycles. The SMILES string of the molecule is Cc1ccc(-n2c3ccccc3c3c4c(ccc32)c2ccccc2c2sc3ccccc3c24)cc1.N=C(c1ccccc1)c1ccccc1N. The fraction of sp³-hybridized carbons (Fsp3) is 0.0217. The molecule has 50 heavy (non-hydrogen) atoms. The topological polar surface area (TPSA) is 54.8 Å². The average Bonchev–Trinajstić information content (AvgIpc) is 3.73. The van der Waals surface area contributed by atoms with Gasteiger partial charge in [-0.15, -0.1) is 11.3 Å². The van der Waals surface area contributed by atoms with Gasteiger partial charge in [-0.05, 0) is 54.1 Å². The van der Waals surface area contributed by atoms with Gasteiger partial charge in [0.2, 0.25) is 0 Å². The van der Waals surface area contributed by atoms with Crippen LogP contribution >= 0.6 is 11.3 Å². The number of aryl methyl sites for hydroxylation is 1. The standard InChI is InChI=1S/C33H21NS.C13H12N2/c1-20-14-16-21(17-15-20)34-27-12-6-4-10-25(27)30-28(34)19-18-23-22-8-2-3-9-24(22)33-32(31(23)30)26-11-5-7-13-29(26)35-33;14-12-9-5-4-8-11(12)13(15)10-6-2-1-3-7-10/h2-19H,1H3;1-9,15H,14H2. The molecule has 0 fully saturated rings. The summed E-state index contributed by atoms with van der Waals surface area (Å²) in [6.45, 7) is 2.15. The maximum atomic E-state index is 8.03. The quantitative estimate of drug-likeness (QED) is 0.111. The predicted octanol–water partition coefficient (Wildman–Crippen LogP) is 12.5. The summed E-state index contributed by atoms with van der Waals surface area (Å²) in [7, 11) is 0. The van der Waals surface area contributed by atoms with Crippen LogP contribution in [0.4, 0.5) is 5.69 Å². The second-order valence-electron chi connectivity index (χ2n) is 12.7. The third-order valence-electron chi connectivity index (χ3n) is 9.73. The number of nitrogens with zero attached hydrogens (tertiary/aromatic N) is 1. The fourth-order valence-electron chi connectivity index (χ4n) is 7.40. The van der Waals surface area contributed by atoms with Gasteiger partial charge in [0.15, 0.2) is 0 Å². The van der Waals surface area contributed by atoms with Crippen molar-refractivity contribution >= 4 is 86.3 Å². The molecule has 10 rings (SSSR count). The minimum Gasteiger partial charge on any atom is -0.398 e. The van der Waals surface area contributed by atoms with Crippen LogP contribution in [0.2, 0.25) is 0 Å². The molecule has 0 aliphatic carbocycles. The first-order valence-corrected chi connectivity index (χ1v) is 17.6. The number of nitrogens with two attached hydrogens (primary N) is 1. The summed E-state index contributed by atoms with van der Waals surface area (Å²) in [6.07, 6.45) is 0. The van der Waals surface area contributed by atoms with Crippen molar-refractivity contribution in [2.45, 2.75) is 6.92 Å². The van der Waals surface area contributed by atoms with E-state index in [-0.39, 0.29) is 0 Å². The van der Waals surface area contributed by atoms with Crippen molar-refractivity contribution in [3.63, 3.8) is 0 Å². The van der Waals surface area contributed by atoms with Gasteiger partial charge in [-0.2, -0.15) is 0 Å². The summed E-state index contributed by atoms with van der Waals surface area (Å²) < 4.78 is 5.16. The van der Waals surface area contributed by atoms with Crippen LogP contribution in [0.3, 0.4) is 0 Å². The largest absolute Gasteiger partial charge is 0.398 e. The molecule has 0 aliphatic heterocycles. The van der Waals surface area contributed by atoms with Crippen molar-refractivity contribution in [3.05, 3.63) is 180 Å². The Balaban J connectivity index is 0.000000189. The van der Waals surface area contributed by atoms with Crippen LogP contribution in [-0.2, 0) is 0 Å². The molecule has 0 atom stereocenters. The number of para-hydroxylation sites is 2. The van der Waals surface area contributed by atoms with E-state index in [1.807, 2.05) is 65.9 Å². The van der Waals surface area contributed by atoms with Crippen LogP contribution in [0.5, 0.6) is 0 Å². The van der Waals surface area contributed by atoms with Crippen molar-refractivity contribution in [3.8, 4) is 5.69 Å². The lowest BCUT2D eigenvalue weighted by Crippen LogP contribution is -2.04. The molecule has 0 bridgehead atoms. The van der Waals surface area contributed by atoms with Crippen LogP contribution < -0.4 is 5.73 Å². The molecule has 10 aromatic rings. The molecule has 3 nitrogen and oxygen atoms in total. The van der Waals surface area contributed by atoms with E-state index in [0.717, 1.165) is 11.1 Å². The van der Waals surface area contributed by atoms with Gasteiger partial charge in [0.1, 0.15) is 0 Å². The Labute approximate surface area is 294 Å². The highest BCUT2D eigenvalue weighted by molar-refractivity contribution is 7.27. The predicted molar refractivity (Wildman–Crippen MR) is 217 cm³/mol. The monoisotopic (exact) mass is 659 g/mol. The summed E-state index contributed by atoms with van der Waals surface area (Å²) in [4.78, 5) is 0. The first kappa shape index (κ1) is 29.9. The highest BCUT2D eigenvalue weighted by atomic mass is 32.1. The molecular weight excluding hydrogens is 627 g/mol. The third-order valence-corrected chi connectivity index (χ3v) is 10.9. The van der Waals surface area contributed by atoms with Crippen molar-refractivity contribution in [2.75, 3.05) is 5.73 Å². The number of benzene rings is 8. The van der Waals surface area contributed by atoms with Crippen molar-refractivity contribution < 1.29 is 0 Å². The number of hydrogen-bond acceptors (Lipinski definition) is 3. The minimum atomic E-state index is 0.466. The maximum Gasteiger partial charge on any atom is 0.0705 e. The molecule has 3 N–H and O–H groups in total. The second-order valence-corrected chi connectivity index (χ2v) is 13.8. The molecule has 0 spiro atoms. The molecule has 0 saturated heterocycles. The van der Waals surface area contributed by atoms with E-state index < -0.39 is 0 Å². The first-order chi connectivity index (χ1) is 24.6. The Bertz CT molecular complexity index is 2900. The zero-order valence-corrected chi connectivity index (χ0v) is 28.3. The second kappa shape index (κ2) is 12.0. The number of nitrogen functional groups attached to an aromatic ring is 1. The van der Waals surface area contributed by atoms with Crippen LogP contribution in [0.15, 0.2) is 164 Å². The van der Waals surface area contributed by atoms with E-state index in [1.54, 1.807) is 0 Å². The Hall–Kier alpha value is -6.23. The summed E-state index contributed by atoms with van der Waals surface area (Å²) in [6, 6.07) is 57.2. The molecule has 0 amide bonds. The smallest absolute Gasteiger partial charge is 0.0705 e. The number of rotatable bonds is 3. The van der Waals surface area contributed by atoms with E-state index in [0.29, 0.717) is 11.4 Å². The Kier molecular flexibility index (Phi) is 7.19. The number of anilines is 1. The summed E-state index contributed by atoms with van der Waals surface area (Å²) in [5.74, 6) is 0. The minimum absolute atomic E-state index is 0.466. The molecule has 0 radical (unpaired) electrons. The van der Waals surface area contributed by atoms with Gasteiger partial charge in [0.05, 0.1) is 16.7 Å². The Morgan fingerprint density at radius 2 is 1.16 bits per heavy atom. The molecule has 0 unspecified atom stereocenters. The Morgan fingerprint density at radius 3 is 1.94 bits per heavy atom. The lowest BCUT2D eigenvalue weighted by molar-refractivity contribution is 1.18. The zero-order valence-electron chi connectivity index (χ0n) is 27.5. The highest BCUT2D eigenvalue weighted by Gasteiger charge is 2.20. The van der Waals surface area contributed by atoms with Gasteiger partial charge in [0, 0.05) is 64.2 Å². The van der Waals surface area contributed by atoms with Crippen molar-refractivity contribution in [2.24, 2.45) is 0 Å². The fourth-order valence-corrected chi connectivity index (χ4v) is 8.65. The summed E-state index contributed by atoms with van der Waals surface area (Å²) in [5, 5.41) is 18.8. The van der Waals surface area contributed by atoms with Crippen molar-refractivity contribution in [1.29, 1.82) is 5.41 Å². The molecule has 0 saturated carbocycles. The normalized spacial score (nSPS) is 11.5. The van der Waals surface area contributed by atoms with Gasteiger partial charge in [0.25, 0.3) is 0 Å². The van der Waals surface area contributed by atoms with Crippen LogP contribution in [0, 0.1) is 12.3 Å². The molecule has 238 valence electrons. The maximum absolute atomic E-state index is 8.03. The van der Waals surface area contributed by atoms with E-state index in [9.17, 15) is 0 Å². The van der Waals surface area contributed by atoms with Gasteiger partial charge < -0.3 is 10.3 Å². The number of nitrogens with one attached hydrogen (secondary N) is 1.